The van der Waals surface area contributed by atoms with Crippen LogP contribution in [0.3, 0.4) is 0 Å². The van der Waals surface area contributed by atoms with Crippen LogP contribution in [0.25, 0.3) is 10.8 Å². The molecule has 0 saturated heterocycles. The van der Waals surface area contributed by atoms with E-state index < -0.39 is 11.6 Å². The molecule has 0 aliphatic heterocycles. The van der Waals surface area contributed by atoms with Gasteiger partial charge in [-0.2, -0.15) is 0 Å². The third-order valence-corrected chi connectivity index (χ3v) is 6.15. The Bertz CT molecular complexity index is 1060. The molecular weight excluding hydrogens is 362 g/mol. The van der Waals surface area contributed by atoms with Gasteiger partial charge in [0.15, 0.2) is 11.6 Å². The van der Waals surface area contributed by atoms with Crippen molar-refractivity contribution in [1.82, 2.24) is 0 Å². The van der Waals surface area contributed by atoms with Crippen molar-refractivity contribution >= 4 is 10.8 Å². The topological polar surface area (TPSA) is 0 Å². The second-order valence-corrected chi connectivity index (χ2v) is 8.21. The molecule has 0 spiro atoms. The number of hydrogen-bond acceptors (Lipinski definition) is 0. The summed E-state index contributed by atoms with van der Waals surface area (Å²) < 4.78 is 26.4. The van der Waals surface area contributed by atoms with E-state index in [2.05, 4.69) is 49.1 Å². The molecule has 0 radical (unpaired) electrons. The Labute approximate surface area is 172 Å². The number of halogens is 2. The summed E-state index contributed by atoms with van der Waals surface area (Å²) in [6, 6.07) is 16.7. The van der Waals surface area contributed by atoms with E-state index in [0.717, 1.165) is 29.0 Å². The van der Waals surface area contributed by atoms with Crippen molar-refractivity contribution in [2.75, 3.05) is 0 Å². The second kappa shape index (κ2) is 8.78. The number of rotatable bonds is 3. The first-order chi connectivity index (χ1) is 14.1. The van der Waals surface area contributed by atoms with Gasteiger partial charge in [-0.05, 0) is 84.2 Å². The molecule has 2 heteroatoms. The smallest absolute Gasteiger partial charge is 0.160 e. The molecule has 0 atom stereocenters. The van der Waals surface area contributed by atoms with Gasteiger partial charge < -0.3 is 0 Å². The van der Waals surface area contributed by atoms with E-state index in [1.807, 2.05) is 6.07 Å². The molecule has 29 heavy (non-hydrogen) atoms. The maximum atomic E-state index is 13.3. The minimum absolute atomic E-state index is 0.470. The van der Waals surface area contributed by atoms with E-state index in [1.54, 1.807) is 0 Å². The predicted molar refractivity (Wildman–Crippen MR) is 116 cm³/mol. The maximum absolute atomic E-state index is 13.3. The average Bonchev–Trinajstić information content (AvgIpc) is 2.75. The first-order valence-electron chi connectivity index (χ1n) is 10.6. The molecule has 1 saturated carbocycles. The summed E-state index contributed by atoms with van der Waals surface area (Å²) in [5.74, 6) is 5.85. The van der Waals surface area contributed by atoms with Crippen LogP contribution in [0.4, 0.5) is 8.78 Å². The highest BCUT2D eigenvalue weighted by molar-refractivity contribution is 5.84. The Morgan fingerprint density at radius 3 is 2.14 bits per heavy atom. The van der Waals surface area contributed by atoms with E-state index in [4.69, 9.17) is 0 Å². The minimum Gasteiger partial charge on any atom is -0.204 e. The lowest BCUT2D eigenvalue weighted by molar-refractivity contribution is 0.308. The quantitative estimate of drug-likeness (QED) is 0.405. The minimum atomic E-state index is -0.869. The van der Waals surface area contributed by atoms with Gasteiger partial charge in [-0.25, -0.2) is 8.78 Å². The third kappa shape index (κ3) is 4.67. The average molecular weight is 389 g/mol. The highest BCUT2D eigenvalue weighted by Gasteiger charge is 2.21. The Kier molecular flexibility index (Phi) is 5.95. The SMILES string of the molecule is CCC[C@H]1CC[C@H](c2ccc3cc(C#Cc4ccc(F)c(F)c4)ccc3c2)CC1. The van der Waals surface area contributed by atoms with Crippen molar-refractivity contribution in [3.63, 3.8) is 0 Å². The summed E-state index contributed by atoms with van der Waals surface area (Å²) in [5.41, 5.74) is 2.79. The number of benzene rings is 3. The Morgan fingerprint density at radius 1 is 0.759 bits per heavy atom. The van der Waals surface area contributed by atoms with Gasteiger partial charge in [0.2, 0.25) is 0 Å². The van der Waals surface area contributed by atoms with Crippen LogP contribution in [0.2, 0.25) is 0 Å². The molecule has 0 nitrogen and oxygen atoms in total. The van der Waals surface area contributed by atoms with Crippen LogP contribution in [0.15, 0.2) is 54.6 Å². The molecule has 1 aliphatic rings. The summed E-state index contributed by atoms with van der Waals surface area (Å²) in [4.78, 5) is 0. The van der Waals surface area contributed by atoms with Crippen molar-refractivity contribution in [1.29, 1.82) is 0 Å². The predicted octanol–water partition coefficient (Wildman–Crippen LogP) is 7.59. The summed E-state index contributed by atoms with van der Waals surface area (Å²) in [6.07, 6.45) is 7.98. The standard InChI is InChI=1S/C27H26F2/c1-2-3-19-6-10-22(11-7-19)24-14-13-23-16-20(8-12-25(23)18-24)4-5-21-9-15-26(28)27(29)17-21/h8-9,12-19,22H,2-3,6-7,10-11H2,1H3/t19-,22-. The lowest BCUT2D eigenvalue weighted by Crippen LogP contribution is -2.13. The van der Waals surface area contributed by atoms with Crippen molar-refractivity contribution in [3.05, 3.63) is 82.9 Å². The molecular formula is C27H26F2. The van der Waals surface area contributed by atoms with Gasteiger partial charge in [0.05, 0.1) is 0 Å². The van der Waals surface area contributed by atoms with Crippen LogP contribution in [-0.2, 0) is 0 Å². The second-order valence-electron chi connectivity index (χ2n) is 8.21. The molecule has 1 aliphatic carbocycles. The third-order valence-electron chi connectivity index (χ3n) is 6.15. The summed E-state index contributed by atoms with van der Waals surface area (Å²) in [7, 11) is 0. The maximum Gasteiger partial charge on any atom is 0.160 e. The molecule has 0 aromatic heterocycles. The molecule has 4 rings (SSSR count). The van der Waals surface area contributed by atoms with E-state index in [1.165, 1.54) is 55.5 Å². The van der Waals surface area contributed by atoms with Crippen molar-refractivity contribution in [3.8, 4) is 11.8 Å². The largest absolute Gasteiger partial charge is 0.204 e. The van der Waals surface area contributed by atoms with Crippen LogP contribution >= 0.6 is 0 Å². The molecule has 0 heterocycles. The molecule has 1 fully saturated rings. The molecule has 0 bridgehead atoms. The van der Waals surface area contributed by atoms with Crippen molar-refractivity contribution < 1.29 is 8.78 Å². The van der Waals surface area contributed by atoms with Gasteiger partial charge in [-0.3, -0.25) is 0 Å². The lowest BCUT2D eigenvalue weighted by atomic mass is 9.77. The van der Waals surface area contributed by atoms with Gasteiger partial charge in [0, 0.05) is 11.1 Å². The van der Waals surface area contributed by atoms with Crippen molar-refractivity contribution in [2.24, 2.45) is 5.92 Å². The van der Waals surface area contributed by atoms with Gasteiger partial charge >= 0.3 is 0 Å². The van der Waals surface area contributed by atoms with Crippen LogP contribution < -0.4 is 0 Å². The highest BCUT2D eigenvalue weighted by atomic mass is 19.2. The van der Waals surface area contributed by atoms with Gasteiger partial charge in [0.1, 0.15) is 0 Å². The zero-order valence-electron chi connectivity index (χ0n) is 16.8. The normalized spacial score (nSPS) is 19.0. The fraction of sp³-hybridized carbons (Fsp3) is 0.333. The summed E-state index contributed by atoms with van der Waals surface area (Å²) in [5, 5.41) is 2.39. The number of hydrogen-bond donors (Lipinski definition) is 0. The summed E-state index contributed by atoms with van der Waals surface area (Å²) in [6.45, 7) is 2.28. The first kappa shape index (κ1) is 19.6. The zero-order chi connectivity index (χ0) is 20.2. The molecule has 0 amide bonds. The van der Waals surface area contributed by atoms with E-state index in [0.29, 0.717) is 11.5 Å². The Balaban J connectivity index is 1.50. The van der Waals surface area contributed by atoms with Crippen LogP contribution in [0.5, 0.6) is 0 Å². The lowest BCUT2D eigenvalue weighted by Gasteiger charge is -2.28. The fourth-order valence-corrected chi connectivity index (χ4v) is 4.51. The van der Waals surface area contributed by atoms with Crippen molar-refractivity contribution in [2.45, 2.75) is 51.4 Å². The van der Waals surface area contributed by atoms with E-state index in [9.17, 15) is 8.78 Å². The molecule has 3 aromatic carbocycles. The first-order valence-corrected chi connectivity index (χ1v) is 10.6. The number of fused-ring (bicyclic) bond motifs is 1. The molecule has 0 N–H and O–H groups in total. The highest BCUT2D eigenvalue weighted by Crippen LogP contribution is 2.38. The Morgan fingerprint density at radius 2 is 1.41 bits per heavy atom. The van der Waals surface area contributed by atoms with Gasteiger partial charge in [-0.1, -0.05) is 55.9 Å². The van der Waals surface area contributed by atoms with E-state index in [-0.39, 0.29) is 0 Å². The fourth-order valence-electron chi connectivity index (χ4n) is 4.51. The van der Waals surface area contributed by atoms with E-state index >= 15 is 0 Å². The Hall–Kier alpha value is -2.66. The van der Waals surface area contributed by atoms with Crippen LogP contribution in [0, 0.1) is 29.4 Å². The molecule has 148 valence electrons. The van der Waals surface area contributed by atoms with Gasteiger partial charge in [0.25, 0.3) is 0 Å². The monoisotopic (exact) mass is 388 g/mol. The van der Waals surface area contributed by atoms with Crippen LogP contribution in [0.1, 0.15) is 68.1 Å². The molecule has 0 unspecified atom stereocenters. The van der Waals surface area contributed by atoms with Gasteiger partial charge in [-0.15, -0.1) is 0 Å². The van der Waals surface area contributed by atoms with Crippen LogP contribution in [-0.4, -0.2) is 0 Å². The summed E-state index contributed by atoms with van der Waals surface area (Å²) >= 11 is 0. The molecule has 3 aromatic rings. The zero-order valence-corrected chi connectivity index (χ0v) is 16.8.